The third-order valence-electron chi connectivity index (χ3n) is 3.71. The number of benzene rings is 1. The van der Waals surface area contributed by atoms with E-state index < -0.39 is 0 Å². The lowest BCUT2D eigenvalue weighted by molar-refractivity contribution is 0.0669. The van der Waals surface area contributed by atoms with Crippen molar-refractivity contribution in [1.82, 2.24) is 9.78 Å². The van der Waals surface area contributed by atoms with E-state index in [-0.39, 0.29) is 6.04 Å². The molecule has 2 aromatic rings. The van der Waals surface area contributed by atoms with Gasteiger partial charge in [0.25, 0.3) is 0 Å². The van der Waals surface area contributed by atoms with E-state index in [1.165, 1.54) is 0 Å². The number of nitrogens with two attached hydrogens (primary N) is 1. The molecular weight excluding hydrogens is 332 g/mol. The molecular formula is C15H15BrN4O. The van der Waals surface area contributed by atoms with Gasteiger partial charge in [0.15, 0.2) is 0 Å². The summed E-state index contributed by atoms with van der Waals surface area (Å²) >= 11 is 3.41. The van der Waals surface area contributed by atoms with Crippen LogP contribution in [0.3, 0.4) is 0 Å². The Morgan fingerprint density at radius 3 is 2.57 bits per heavy atom. The summed E-state index contributed by atoms with van der Waals surface area (Å²) in [6.45, 7) is 1.42. The zero-order chi connectivity index (χ0) is 14.8. The van der Waals surface area contributed by atoms with Crippen LogP contribution in [0.4, 0.5) is 5.82 Å². The summed E-state index contributed by atoms with van der Waals surface area (Å²) in [6, 6.07) is 10.1. The van der Waals surface area contributed by atoms with Crippen LogP contribution in [0.5, 0.6) is 0 Å². The van der Waals surface area contributed by atoms with Crippen LogP contribution in [0.1, 0.15) is 24.4 Å². The highest BCUT2D eigenvalue weighted by Gasteiger charge is 2.23. The van der Waals surface area contributed by atoms with E-state index in [0.717, 1.165) is 22.9 Å². The first-order chi connectivity index (χ1) is 10.2. The molecule has 5 nitrogen and oxygen atoms in total. The molecule has 0 unspecified atom stereocenters. The van der Waals surface area contributed by atoms with Gasteiger partial charge in [0, 0.05) is 23.2 Å². The smallest absolute Gasteiger partial charge is 0.140 e. The molecule has 0 radical (unpaired) electrons. The molecule has 2 N–H and O–H groups in total. The molecule has 1 fully saturated rings. The highest BCUT2D eigenvalue weighted by molar-refractivity contribution is 9.10. The van der Waals surface area contributed by atoms with Crippen LogP contribution < -0.4 is 5.73 Å². The maximum absolute atomic E-state index is 9.41. The number of nitriles is 1. The van der Waals surface area contributed by atoms with Crippen molar-refractivity contribution >= 4 is 21.7 Å². The summed E-state index contributed by atoms with van der Waals surface area (Å²) in [7, 11) is 0. The van der Waals surface area contributed by atoms with Crippen molar-refractivity contribution in [3.8, 4) is 17.3 Å². The highest BCUT2D eigenvalue weighted by atomic mass is 79.9. The Morgan fingerprint density at radius 1 is 1.29 bits per heavy atom. The fourth-order valence-electron chi connectivity index (χ4n) is 2.58. The third-order valence-corrected chi connectivity index (χ3v) is 4.24. The van der Waals surface area contributed by atoms with Crippen molar-refractivity contribution in [2.75, 3.05) is 18.9 Å². The van der Waals surface area contributed by atoms with Crippen molar-refractivity contribution in [1.29, 1.82) is 5.26 Å². The predicted octanol–water partition coefficient (Wildman–Crippen LogP) is 3.12. The number of hydrogen-bond donors (Lipinski definition) is 1. The third kappa shape index (κ3) is 2.67. The zero-order valence-electron chi connectivity index (χ0n) is 11.4. The van der Waals surface area contributed by atoms with E-state index in [9.17, 15) is 5.26 Å². The summed E-state index contributed by atoms with van der Waals surface area (Å²) in [5, 5.41) is 14.0. The minimum Gasteiger partial charge on any atom is -0.383 e. The summed E-state index contributed by atoms with van der Waals surface area (Å²) in [5.74, 6) is 0.447. The normalized spacial score (nSPS) is 15.8. The molecule has 0 atom stereocenters. The SMILES string of the molecule is N#Cc1c(-c2ccc(Br)cc2)nn(C2CCOCC2)c1N. The maximum Gasteiger partial charge on any atom is 0.140 e. The van der Waals surface area contributed by atoms with Gasteiger partial charge >= 0.3 is 0 Å². The molecule has 0 amide bonds. The second-order valence-electron chi connectivity index (χ2n) is 5.02. The Bertz CT molecular complexity index is 681. The van der Waals surface area contributed by atoms with E-state index in [4.69, 9.17) is 10.5 Å². The molecule has 1 aromatic carbocycles. The standard InChI is InChI=1S/C15H15BrN4O/c16-11-3-1-10(2-4-11)14-13(9-17)15(18)20(19-14)12-5-7-21-8-6-12/h1-4,12H,5-8,18H2. The largest absolute Gasteiger partial charge is 0.383 e. The number of rotatable bonds is 2. The monoisotopic (exact) mass is 346 g/mol. The Morgan fingerprint density at radius 2 is 1.95 bits per heavy atom. The molecule has 0 bridgehead atoms. The number of hydrogen-bond acceptors (Lipinski definition) is 4. The predicted molar refractivity (Wildman–Crippen MR) is 83.6 cm³/mol. The van der Waals surface area contributed by atoms with Crippen LogP contribution in [0.15, 0.2) is 28.7 Å². The quantitative estimate of drug-likeness (QED) is 0.906. The first-order valence-corrected chi connectivity index (χ1v) is 7.61. The molecule has 1 aliphatic rings. The number of nitrogen functional groups attached to an aromatic ring is 1. The van der Waals surface area contributed by atoms with Crippen LogP contribution in [-0.2, 0) is 4.74 Å². The van der Waals surface area contributed by atoms with Gasteiger partial charge < -0.3 is 10.5 Å². The molecule has 1 aliphatic heterocycles. The van der Waals surface area contributed by atoms with Crippen molar-refractivity contribution in [2.45, 2.75) is 18.9 Å². The average Bonchev–Trinajstić information content (AvgIpc) is 2.85. The maximum atomic E-state index is 9.41. The van der Waals surface area contributed by atoms with E-state index in [1.807, 2.05) is 24.3 Å². The molecule has 3 rings (SSSR count). The van der Waals surface area contributed by atoms with Crippen LogP contribution in [-0.4, -0.2) is 23.0 Å². The van der Waals surface area contributed by atoms with Crippen molar-refractivity contribution in [2.24, 2.45) is 0 Å². The fourth-order valence-corrected chi connectivity index (χ4v) is 2.84. The molecule has 1 aromatic heterocycles. The van der Waals surface area contributed by atoms with Gasteiger partial charge in [-0.15, -0.1) is 0 Å². The van der Waals surface area contributed by atoms with Gasteiger partial charge in [0.05, 0.1) is 6.04 Å². The Balaban J connectivity index is 2.05. The van der Waals surface area contributed by atoms with Crippen LogP contribution in [0.25, 0.3) is 11.3 Å². The molecule has 1 saturated heterocycles. The first-order valence-electron chi connectivity index (χ1n) is 6.82. The van der Waals surface area contributed by atoms with Crippen molar-refractivity contribution in [3.05, 3.63) is 34.3 Å². The number of anilines is 1. The second-order valence-corrected chi connectivity index (χ2v) is 5.93. The summed E-state index contributed by atoms with van der Waals surface area (Å²) in [4.78, 5) is 0. The molecule has 0 aliphatic carbocycles. The van der Waals surface area contributed by atoms with E-state index >= 15 is 0 Å². The first kappa shape index (κ1) is 14.1. The summed E-state index contributed by atoms with van der Waals surface area (Å²) in [5.41, 5.74) is 8.13. The molecule has 21 heavy (non-hydrogen) atoms. The van der Waals surface area contributed by atoms with Gasteiger partial charge in [-0.3, -0.25) is 0 Å². The lowest BCUT2D eigenvalue weighted by Gasteiger charge is -2.23. The van der Waals surface area contributed by atoms with E-state index in [2.05, 4.69) is 27.1 Å². The van der Waals surface area contributed by atoms with Crippen LogP contribution >= 0.6 is 15.9 Å². The van der Waals surface area contributed by atoms with Crippen LogP contribution in [0.2, 0.25) is 0 Å². The Kier molecular flexibility index (Phi) is 3.95. The van der Waals surface area contributed by atoms with E-state index in [0.29, 0.717) is 30.3 Å². The molecule has 108 valence electrons. The van der Waals surface area contributed by atoms with Crippen molar-refractivity contribution in [3.63, 3.8) is 0 Å². The number of aromatic nitrogens is 2. The Hall–Kier alpha value is -1.84. The molecule has 6 heteroatoms. The number of halogens is 1. The van der Waals surface area contributed by atoms with Gasteiger partial charge in [0.2, 0.25) is 0 Å². The number of ether oxygens (including phenoxy) is 1. The molecule has 0 spiro atoms. The van der Waals surface area contributed by atoms with Crippen molar-refractivity contribution < 1.29 is 4.74 Å². The van der Waals surface area contributed by atoms with E-state index in [1.54, 1.807) is 4.68 Å². The second kappa shape index (κ2) is 5.88. The average molecular weight is 347 g/mol. The van der Waals surface area contributed by atoms with Gasteiger partial charge in [0.1, 0.15) is 23.1 Å². The van der Waals surface area contributed by atoms with Gasteiger partial charge in [-0.1, -0.05) is 28.1 Å². The highest BCUT2D eigenvalue weighted by Crippen LogP contribution is 2.32. The van der Waals surface area contributed by atoms with Gasteiger partial charge in [-0.25, -0.2) is 4.68 Å². The molecule has 2 heterocycles. The Labute approximate surface area is 131 Å². The molecule has 0 saturated carbocycles. The number of nitrogens with zero attached hydrogens (tertiary/aromatic N) is 3. The summed E-state index contributed by atoms with van der Waals surface area (Å²) < 4.78 is 8.15. The minimum atomic E-state index is 0.204. The minimum absolute atomic E-state index is 0.204. The lowest BCUT2D eigenvalue weighted by atomic mass is 10.1. The van der Waals surface area contributed by atoms with Gasteiger partial charge in [-0.05, 0) is 25.0 Å². The lowest BCUT2D eigenvalue weighted by Crippen LogP contribution is -2.21. The van der Waals surface area contributed by atoms with Crippen LogP contribution in [0, 0.1) is 11.3 Å². The fraction of sp³-hybridized carbons (Fsp3) is 0.333. The summed E-state index contributed by atoms with van der Waals surface area (Å²) in [6.07, 6.45) is 1.74. The topological polar surface area (TPSA) is 76.9 Å². The zero-order valence-corrected chi connectivity index (χ0v) is 13.0. The van der Waals surface area contributed by atoms with Gasteiger partial charge in [-0.2, -0.15) is 10.4 Å².